The highest BCUT2D eigenvalue weighted by Gasteiger charge is 2.27. The highest BCUT2D eigenvalue weighted by atomic mass is 32.2. The van der Waals surface area contributed by atoms with E-state index in [1.165, 1.54) is 18.7 Å². The monoisotopic (exact) mass is 464 g/mol. The normalized spacial score (nSPS) is 19.4. The summed E-state index contributed by atoms with van der Waals surface area (Å²) in [5.41, 5.74) is 2.17. The van der Waals surface area contributed by atoms with Gasteiger partial charge in [0.05, 0.1) is 13.4 Å². The number of sulfonamides is 1. The third-order valence-corrected chi connectivity index (χ3v) is 6.21. The van der Waals surface area contributed by atoms with Crippen molar-refractivity contribution in [3.8, 4) is 11.5 Å². The Morgan fingerprint density at radius 3 is 2.56 bits per heavy atom. The van der Waals surface area contributed by atoms with Gasteiger partial charge in [0.2, 0.25) is 10.0 Å². The van der Waals surface area contributed by atoms with Gasteiger partial charge in [0.25, 0.3) is 5.91 Å². The number of carbonyl (C=O) groups is 1. The molecular formula is C23H29FN2O5S. The SMILES string of the molecule is COc1cc([C@@H](C)N[C@@H]2CCC(c3ccc(OCC(=O)NS(C)(=O)=O)cc3)C2)ccc1F. The molecular weight excluding hydrogens is 435 g/mol. The standard InChI is InChI=1S/C23H29FN2O5S/c1-15(17-7-11-21(24)22(13-17)30-2)25-19-8-4-18(12-19)16-5-9-20(10-6-16)31-14-23(27)26-32(3,28)29/h5-7,9-11,13,15,18-19,25H,4,8,12,14H2,1-3H3,(H,26,27)/t15-,18?,19-/m1/s1. The average Bonchev–Trinajstić information content (AvgIpc) is 3.20. The summed E-state index contributed by atoms with van der Waals surface area (Å²) in [6.45, 7) is 1.69. The van der Waals surface area contributed by atoms with Crippen molar-refractivity contribution >= 4 is 15.9 Å². The maximum absolute atomic E-state index is 13.7. The van der Waals surface area contributed by atoms with Gasteiger partial charge in [0.15, 0.2) is 18.2 Å². The molecule has 2 N–H and O–H groups in total. The van der Waals surface area contributed by atoms with Gasteiger partial charge in [0, 0.05) is 12.1 Å². The predicted octanol–water partition coefficient (Wildman–Crippen LogP) is 3.28. The van der Waals surface area contributed by atoms with Gasteiger partial charge in [-0.3, -0.25) is 9.52 Å². The molecule has 1 fully saturated rings. The Labute approximate surface area is 188 Å². The van der Waals surface area contributed by atoms with Crippen LogP contribution in [-0.2, 0) is 14.8 Å². The smallest absolute Gasteiger partial charge is 0.271 e. The second kappa shape index (κ2) is 10.3. The maximum Gasteiger partial charge on any atom is 0.271 e. The van der Waals surface area contributed by atoms with E-state index in [1.54, 1.807) is 24.3 Å². The minimum atomic E-state index is -3.59. The van der Waals surface area contributed by atoms with Crippen molar-refractivity contribution in [3.05, 3.63) is 59.4 Å². The van der Waals surface area contributed by atoms with Crippen LogP contribution in [0.3, 0.4) is 0 Å². The molecule has 0 saturated heterocycles. The van der Waals surface area contributed by atoms with Crippen LogP contribution in [0.25, 0.3) is 0 Å². The number of carbonyl (C=O) groups excluding carboxylic acids is 1. The summed E-state index contributed by atoms with van der Waals surface area (Å²) < 4.78 is 48.1. The molecule has 0 aromatic heterocycles. The molecule has 3 atom stereocenters. The summed E-state index contributed by atoms with van der Waals surface area (Å²) in [7, 11) is -2.13. The molecule has 174 valence electrons. The average molecular weight is 465 g/mol. The highest BCUT2D eigenvalue weighted by Crippen LogP contribution is 2.36. The van der Waals surface area contributed by atoms with Crippen LogP contribution < -0.4 is 19.5 Å². The van der Waals surface area contributed by atoms with E-state index in [4.69, 9.17) is 9.47 Å². The molecule has 1 aliphatic carbocycles. The summed E-state index contributed by atoms with van der Waals surface area (Å²) in [5.74, 6) is 0.0764. The molecule has 1 unspecified atom stereocenters. The minimum absolute atomic E-state index is 0.0714. The number of ether oxygens (including phenoxy) is 2. The number of halogens is 1. The summed E-state index contributed by atoms with van der Waals surface area (Å²) in [5, 5.41) is 3.63. The van der Waals surface area contributed by atoms with E-state index < -0.39 is 15.9 Å². The van der Waals surface area contributed by atoms with Gasteiger partial charge >= 0.3 is 0 Å². The second-order valence-corrected chi connectivity index (χ2v) is 9.89. The fraction of sp³-hybridized carbons (Fsp3) is 0.435. The second-order valence-electron chi connectivity index (χ2n) is 8.14. The van der Waals surface area contributed by atoms with Crippen molar-refractivity contribution in [1.29, 1.82) is 0 Å². The van der Waals surface area contributed by atoms with Crippen LogP contribution in [0, 0.1) is 5.82 Å². The molecule has 0 spiro atoms. The number of hydrogen-bond acceptors (Lipinski definition) is 6. The molecule has 1 amide bonds. The van der Waals surface area contributed by atoms with E-state index in [1.807, 2.05) is 16.9 Å². The fourth-order valence-electron chi connectivity index (χ4n) is 4.05. The van der Waals surface area contributed by atoms with Crippen LogP contribution in [0.1, 0.15) is 49.3 Å². The number of rotatable bonds is 9. The molecule has 0 aliphatic heterocycles. The first kappa shape index (κ1) is 24.0. The van der Waals surface area contributed by atoms with E-state index in [9.17, 15) is 17.6 Å². The van der Waals surface area contributed by atoms with Gasteiger partial charge in [-0.05, 0) is 67.5 Å². The third-order valence-electron chi connectivity index (χ3n) is 5.61. The number of amides is 1. The summed E-state index contributed by atoms with van der Waals surface area (Å²) in [4.78, 5) is 11.5. The van der Waals surface area contributed by atoms with Crippen LogP contribution in [-0.4, -0.2) is 40.3 Å². The van der Waals surface area contributed by atoms with Gasteiger partial charge < -0.3 is 14.8 Å². The van der Waals surface area contributed by atoms with E-state index in [0.717, 1.165) is 31.1 Å². The zero-order valence-electron chi connectivity index (χ0n) is 18.4. The van der Waals surface area contributed by atoms with Crippen molar-refractivity contribution in [2.24, 2.45) is 0 Å². The first-order chi connectivity index (χ1) is 15.1. The topological polar surface area (TPSA) is 93.7 Å². The van der Waals surface area contributed by atoms with Gasteiger partial charge in [-0.15, -0.1) is 0 Å². The quantitative estimate of drug-likeness (QED) is 0.592. The van der Waals surface area contributed by atoms with Crippen molar-refractivity contribution < 1.29 is 27.1 Å². The van der Waals surface area contributed by atoms with Crippen molar-refractivity contribution in [2.45, 2.75) is 44.2 Å². The molecule has 0 bridgehead atoms. The molecule has 1 saturated carbocycles. The zero-order chi connectivity index (χ0) is 23.3. The fourth-order valence-corrected chi connectivity index (χ4v) is 4.52. The molecule has 9 heteroatoms. The van der Waals surface area contributed by atoms with E-state index in [2.05, 4.69) is 12.2 Å². The zero-order valence-corrected chi connectivity index (χ0v) is 19.2. The number of hydrogen-bond donors (Lipinski definition) is 2. The Hall–Kier alpha value is -2.65. The van der Waals surface area contributed by atoms with E-state index >= 15 is 0 Å². The molecule has 2 aromatic carbocycles. The van der Waals surface area contributed by atoms with Gasteiger partial charge in [-0.25, -0.2) is 12.8 Å². The molecule has 7 nitrogen and oxygen atoms in total. The molecule has 32 heavy (non-hydrogen) atoms. The van der Waals surface area contributed by atoms with Crippen LogP contribution in [0.5, 0.6) is 11.5 Å². The van der Waals surface area contributed by atoms with Crippen LogP contribution in [0.2, 0.25) is 0 Å². The van der Waals surface area contributed by atoms with Gasteiger partial charge in [-0.1, -0.05) is 18.2 Å². The number of methoxy groups -OCH3 is 1. The Kier molecular flexibility index (Phi) is 7.73. The Morgan fingerprint density at radius 2 is 1.91 bits per heavy atom. The number of nitrogens with one attached hydrogen (secondary N) is 2. The Balaban J connectivity index is 1.51. The molecule has 2 aromatic rings. The lowest BCUT2D eigenvalue weighted by atomic mass is 9.97. The first-order valence-electron chi connectivity index (χ1n) is 10.5. The van der Waals surface area contributed by atoms with Gasteiger partial charge in [-0.2, -0.15) is 0 Å². The molecule has 3 rings (SSSR count). The minimum Gasteiger partial charge on any atom is -0.494 e. The first-order valence-corrected chi connectivity index (χ1v) is 12.4. The summed E-state index contributed by atoms with van der Waals surface area (Å²) in [6, 6.07) is 12.9. The van der Waals surface area contributed by atoms with Crippen molar-refractivity contribution in [1.82, 2.24) is 10.0 Å². The predicted molar refractivity (Wildman–Crippen MR) is 120 cm³/mol. The van der Waals surface area contributed by atoms with Crippen LogP contribution in [0.15, 0.2) is 42.5 Å². The van der Waals surface area contributed by atoms with Crippen LogP contribution in [0.4, 0.5) is 4.39 Å². The maximum atomic E-state index is 13.7. The Morgan fingerprint density at radius 1 is 1.19 bits per heavy atom. The lowest BCUT2D eigenvalue weighted by Gasteiger charge is -2.21. The lowest BCUT2D eigenvalue weighted by Crippen LogP contribution is -2.33. The Bertz CT molecular complexity index is 1040. The van der Waals surface area contributed by atoms with E-state index in [0.29, 0.717) is 17.7 Å². The molecule has 0 radical (unpaired) electrons. The highest BCUT2D eigenvalue weighted by molar-refractivity contribution is 7.89. The summed E-state index contributed by atoms with van der Waals surface area (Å²) >= 11 is 0. The lowest BCUT2D eigenvalue weighted by molar-refractivity contribution is -0.121. The number of benzene rings is 2. The largest absolute Gasteiger partial charge is 0.494 e. The van der Waals surface area contributed by atoms with Crippen molar-refractivity contribution in [3.63, 3.8) is 0 Å². The van der Waals surface area contributed by atoms with E-state index in [-0.39, 0.29) is 24.2 Å². The van der Waals surface area contributed by atoms with Gasteiger partial charge in [0.1, 0.15) is 5.75 Å². The molecule has 1 aliphatic rings. The van der Waals surface area contributed by atoms with Crippen LogP contribution >= 0.6 is 0 Å². The molecule has 0 heterocycles. The summed E-state index contributed by atoms with van der Waals surface area (Å²) in [6.07, 6.45) is 3.99. The third kappa shape index (κ3) is 6.67. The van der Waals surface area contributed by atoms with Crippen molar-refractivity contribution in [2.75, 3.05) is 20.0 Å².